The molecule has 4 N–H and O–H groups in total. The van der Waals surface area contributed by atoms with Gasteiger partial charge in [0.15, 0.2) is 0 Å². The topological polar surface area (TPSA) is 122 Å². The fraction of sp³-hybridized carbons (Fsp3) is 0.750. The van der Waals surface area contributed by atoms with E-state index < -0.39 is 29.9 Å². The van der Waals surface area contributed by atoms with E-state index in [4.69, 9.17) is 10.5 Å². The van der Waals surface area contributed by atoms with Crippen LogP contribution in [0, 0.1) is 5.92 Å². The van der Waals surface area contributed by atoms with Gasteiger partial charge in [0.2, 0.25) is 5.91 Å². The zero-order valence-electron chi connectivity index (χ0n) is 11.7. The Kier molecular flexibility index (Phi) is 5.90. The Morgan fingerprint density at radius 2 is 2.10 bits per heavy atom. The highest BCUT2D eigenvalue weighted by Crippen LogP contribution is 2.22. The third-order valence-corrected chi connectivity index (χ3v) is 3.40. The lowest BCUT2D eigenvalue weighted by molar-refractivity contribution is -0.144. The van der Waals surface area contributed by atoms with Crippen LogP contribution >= 0.6 is 0 Å². The number of primary amides is 1. The van der Waals surface area contributed by atoms with Crippen LogP contribution in [-0.4, -0.2) is 59.8 Å². The minimum Gasteiger partial charge on any atom is -0.481 e. The van der Waals surface area contributed by atoms with E-state index in [0.29, 0.717) is 6.54 Å². The molecule has 3 atom stereocenters. The van der Waals surface area contributed by atoms with E-state index in [1.807, 2.05) is 12.2 Å². The zero-order chi connectivity index (χ0) is 15.3. The van der Waals surface area contributed by atoms with E-state index in [9.17, 15) is 19.5 Å². The SMILES string of the molecule is CCCN(C(C)C(=O)NC(N)=O)C1COCC1C(=O)O. The summed E-state index contributed by atoms with van der Waals surface area (Å²) in [5, 5.41) is 11.2. The Labute approximate surface area is 117 Å². The fourth-order valence-electron chi connectivity index (χ4n) is 2.39. The fourth-order valence-corrected chi connectivity index (χ4v) is 2.39. The minimum atomic E-state index is -0.948. The van der Waals surface area contributed by atoms with Crippen molar-refractivity contribution >= 4 is 17.9 Å². The molecule has 0 aliphatic carbocycles. The molecule has 0 saturated carbocycles. The van der Waals surface area contributed by atoms with Gasteiger partial charge in [0.1, 0.15) is 0 Å². The van der Waals surface area contributed by atoms with Crippen LogP contribution in [0.1, 0.15) is 20.3 Å². The third-order valence-electron chi connectivity index (χ3n) is 3.40. The number of nitrogens with zero attached hydrogens (tertiary/aromatic N) is 1. The highest BCUT2D eigenvalue weighted by atomic mass is 16.5. The number of nitrogens with two attached hydrogens (primary N) is 1. The zero-order valence-corrected chi connectivity index (χ0v) is 11.7. The first-order chi connectivity index (χ1) is 9.38. The molecule has 0 radical (unpaired) electrons. The summed E-state index contributed by atoms with van der Waals surface area (Å²) in [4.78, 5) is 35.6. The van der Waals surface area contributed by atoms with Crippen molar-refractivity contribution in [1.29, 1.82) is 0 Å². The highest BCUT2D eigenvalue weighted by Gasteiger charge is 2.40. The molecule has 1 heterocycles. The number of amides is 3. The lowest BCUT2D eigenvalue weighted by Crippen LogP contribution is -2.54. The maximum atomic E-state index is 11.9. The van der Waals surface area contributed by atoms with Crippen LogP contribution in [0.5, 0.6) is 0 Å². The third kappa shape index (κ3) is 3.91. The summed E-state index contributed by atoms with van der Waals surface area (Å²) in [6, 6.07) is -1.96. The van der Waals surface area contributed by atoms with E-state index in [1.54, 1.807) is 11.8 Å². The number of imide groups is 1. The second-order valence-corrected chi connectivity index (χ2v) is 4.82. The number of nitrogens with one attached hydrogen (secondary N) is 1. The van der Waals surface area contributed by atoms with Crippen molar-refractivity contribution < 1.29 is 24.2 Å². The first kappa shape index (κ1) is 16.4. The highest BCUT2D eigenvalue weighted by molar-refractivity contribution is 5.96. The van der Waals surface area contributed by atoms with E-state index in [-0.39, 0.29) is 19.3 Å². The van der Waals surface area contributed by atoms with Crippen molar-refractivity contribution in [2.45, 2.75) is 32.4 Å². The quantitative estimate of drug-likeness (QED) is 0.598. The largest absolute Gasteiger partial charge is 0.481 e. The van der Waals surface area contributed by atoms with E-state index >= 15 is 0 Å². The number of carbonyl (C=O) groups is 3. The van der Waals surface area contributed by atoms with Gasteiger partial charge in [-0.2, -0.15) is 0 Å². The molecule has 20 heavy (non-hydrogen) atoms. The summed E-state index contributed by atoms with van der Waals surface area (Å²) in [7, 11) is 0. The van der Waals surface area contributed by atoms with Crippen molar-refractivity contribution in [2.24, 2.45) is 11.7 Å². The molecule has 1 aliphatic heterocycles. The molecule has 1 fully saturated rings. The summed E-state index contributed by atoms with van der Waals surface area (Å²) in [6.07, 6.45) is 0.747. The average Bonchev–Trinajstić information content (AvgIpc) is 2.83. The number of carbonyl (C=O) groups excluding carboxylic acids is 2. The molecule has 1 saturated heterocycles. The van der Waals surface area contributed by atoms with Crippen LogP contribution in [-0.2, 0) is 14.3 Å². The monoisotopic (exact) mass is 287 g/mol. The number of aliphatic carboxylic acids is 1. The van der Waals surface area contributed by atoms with Crippen LogP contribution in [0.2, 0.25) is 0 Å². The number of hydrogen-bond donors (Lipinski definition) is 3. The van der Waals surface area contributed by atoms with Crippen molar-refractivity contribution in [3.63, 3.8) is 0 Å². The molecule has 0 aromatic heterocycles. The van der Waals surface area contributed by atoms with Gasteiger partial charge in [0.05, 0.1) is 25.2 Å². The number of rotatable bonds is 6. The Hall–Kier alpha value is -1.67. The van der Waals surface area contributed by atoms with Gasteiger partial charge in [-0.3, -0.25) is 19.8 Å². The van der Waals surface area contributed by atoms with Gasteiger partial charge in [-0.1, -0.05) is 6.92 Å². The molecule has 8 heteroatoms. The van der Waals surface area contributed by atoms with Crippen molar-refractivity contribution in [3.8, 4) is 0 Å². The molecular formula is C12H21N3O5. The van der Waals surface area contributed by atoms with Gasteiger partial charge in [-0.25, -0.2) is 4.79 Å². The molecular weight excluding hydrogens is 266 g/mol. The first-order valence-electron chi connectivity index (χ1n) is 6.55. The first-order valence-corrected chi connectivity index (χ1v) is 6.55. The lowest BCUT2D eigenvalue weighted by atomic mass is 10.00. The maximum absolute atomic E-state index is 11.9. The van der Waals surface area contributed by atoms with E-state index in [2.05, 4.69) is 0 Å². The van der Waals surface area contributed by atoms with Gasteiger partial charge < -0.3 is 15.6 Å². The molecule has 1 aliphatic rings. The van der Waals surface area contributed by atoms with E-state index in [0.717, 1.165) is 6.42 Å². The number of hydrogen-bond acceptors (Lipinski definition) is 5. The van der Waals surface area contributed by atoms with E-state index in [1.165, 1.54) is 0 Å². The average molecular weight is 287 g/mol. The van der Waals surface area contributed by atoms with Gasteiger partial charge in [0.25, 0.3) is 0 Å². The molecule has 1 rings (SSSR count). The predicted octanol–water partition coefficient (Wildman–Crippen LogP) is -0.619. The Bertz CT molecular complexity index is 387. The number of ether oxygens (including phenoxy) is 1. The lowest BCUT2D eigenvalue weighted by Gasteiger charge is -2.34. The summed E-state index contributed by atoms with van der Waals surface area (Å²) >= 11 is 0. The van der Waals surface area contributed by atoms with Gasteiger partial charge >= 0.3 is 12.0 Å². The van der Waals surface area contributed by atoms with Gasteiger partial charge in [-0.05, 0) is 19.9 Å². The summed E-state index contributed by atoms with van der Waals surface area (Å²) < 4.78 is 5.22. The van der Waals surface area contributed by atoms with Crippen molar-refractivity contribution in [1.82, 2.24) is 10.2 Å². The molecule has 3 unspecified atom stereocenters. The molecule has 0 bridgehead atoms. The molecule has 0 spiro atoms. The summed E-state index contributed by atoms with van der Waals surface area (Å²) in [6.45, 7) is 4.46. The van der Waals surface area contributed by atoms with Crippen LogP contribution in [0.3, 0.4) is 0 Å². The number of carboxylic acids is 1. The van der Waals surface area contributed by atoms with Crippen LogP contribution in [0.4, 0.5) is 4.79 Å². The van der Waals surface area contributed by atoms with Gasteiger partial charge in [0, 0.05) is 6.04 Å². The molecule has 0 aromatic carbocycles. The summed E-state index contributed by atoms with van der Waals surface area (Å²) in [5.74, 6) is -2.16. The second kappa shape index (κ2) is 7.20. The van der Waals surface area contributed by atoms with Crippen LogP contribution in [0.25, 0.3) is 0 Å². The smallest absolute Gasteiger partial charge is 0.318 e. The molecule has 3 amide bonds. The van der Waals surface area contributed by atoms with Crippen LogP contribution in [0.15, 0.2) is 0 Å². The number of carboxylic acid groups (broad SMARTS) is 1. The maximum Gasteiger partial charge on any atom is 0.318 e. The molecule has 0 aromatic rings. The minimum absolute atomic E-state index is 0.129. The number of urea groups is 1. The molecule has 8 nitrogen and oxygen atoms in total. The normalized spacial score (nSPS) is 23.6. The van der Waals surface area contributed by atoms with Gasteiger partial charge in [-0.15, -0.1) is 0 Å². The van der Waals surface area contributed by atoms with Crippen LogP contribution < -0.4 is 11.1 Å². The van der Waals surface area contributed by atoms with Crippen molar-refractivity contribution in [3.05, 3.63) is 0 Å². The Morgan fingerprint density at radius 1 is 1.45 bits per heavy atom. The standard InChI is InChI=1S/C12H21N3O5/c1-3-4-15(7(2)10(16)14-12(13)19)9-6-20-5-8(9)11(17)18/h7-9H,3-6H2,1-2H3,(H,17,18)(H3,13,14,16,19). The summed E-state index contributed by atoms with van der Waals surface area (Å²) in [5.41, 5.74) is 4.93. The second-order valence-electron chi connectivity index (χ2n) is 4.82. The Balaban J connectivity index is 2.84. The predicted molar refractivity (Wildman–Crippen MR) is 69.9 cm³/mol. The van der Waals surface area contributed by atoms with Crippen molar-refractivity contribution in [2.75, 3.05) is 19.8 Å². The Morgan fingerprint density at radius 3 is 2.60 bits per heavy atom. The molecule has 114 valence electrons.